The van der Waals surface area contributed by atoms with Gasteiger partial charge >= 0.3 is 0 Å². The van der Waals surface area contributed by atoms with E-state index in [1.807, 2.05) is 0 Å². The van der Waals surface area contributed by atoms with E-state index in [9.17, 15) is 0 Å². The van der Waals surface area contributed by atoms with E-state index in [1.54, 1.807) is 7.11 Å². The zero-order chi connectivity index (χ0) is 31.0. The van der Waals surface area contributed by atoms with Gasteiger partial charge < -0.3 is 4.43 Å². The van der Waals surface area contributed by atoms with Gasteiger partial charge in [0.1, 0.15) is 5.60 Å². The molecule has 0 radical (unpaired) electrons. The van der Waals surface area contributed by atoms with Gasteiger partial charge in [0.15, 0.2) is 8.32 Å². The van der Waals surface area contributed by atoms with Gasteiger partial charge in [-0.1, -0.05) is 94.1 Å². The first kappa shape index (κ1) is 33.8. The van der Waals surface area contributed by atoms with Crippen LogP contribution < -0.4 is 0 Å². The number of aryl methyl sites for hydroxylation is 2. The predicted octanol–water partition coefficient (Wildman–Crippen LogP) is 9.96. The second-order valence-corrected chi connectivity index (χ2v) is 16.9. The van der Waals surface area contributed by atoms with Crippen molar-refractivity contribution >= 4 is 8.32 Å². The van der Waals surface area contributed by atoms with Crippen LogP contribution in [0, 0.1) is 25.7 Å². The van der Waals surface area contributed by atoms with Crippen LogP contribution in [0.2, 0.25) is 19.6 Å². The zero-order valence-corrected chi connectivity index (χ0v) is 28.7. The molecule has 3 nitrogen and oxygen atoms in total. The summed E-state index contributed by atoms with van der Waals surface area (Å²) >= 11 is 0. The molecule has 0 fully saturated rings. The van der Waals surface area contributed by atoms with Crippen molar-refractivity contribution in [2.24, 2.45) is 0 Å². The Morgan fingerprint density at radius 3 is 1.83 bits per heavy atom. The SMILES string of the molecule is CCC(C#Cc1ccc(C(CC)(CC)c2ccc(-c3ccc(CCOOC)cc3)c(C)c2)cc1C)(CC)O[Si](C)(C)C. The topological polar surface area (TPSA) is 27.7 Å². The van der Waals surface area contributed by atoms with Crippen molar-refractivity contribution < 1.29 is 14.2 Å². The average Bonchev–Trinajstić information content (AvgIpc) is 2.97. The second-order valence-electron chi connectivity index (χ2n) is 12.5. The highest BCUT2D eigenvalue weighted by Crippen LogP contribution is 2.41. The van der Waals surface area contributed by atoms with Crippen molar-refractivity contribution in [2.75, 3.05) is 13.7 Å². The molecule has 4 heteroatoms. The first-order valence-corrected chi connectivity index (χ1v) is 19.1. The van der Waals surface area contributed by atoms with Crippen LogP contribution in [0.4, 0.5) is 0 Å². The highest BCUT2D eigenvalue weighted by molar-refractivity contribution is 6.69. The minimum Gasteiger partial charge on any atom is -0.402 e. The standard InChI is InChI=1S/C38H52O3Si/c1-11-37(12-2,41-42(8,9)10)25-23-32-19-20-34(27-29(32)5)38(13-3,14-4)35-21-22-36(30(6)28-35)33-17-15-31(16-18-33)24-26-40-39-7/h15-22,27-28H,11-14,24,26H2,1-10H3. The van der Waals surface area contributed by atoms with Crippen molar-refractivity contribution in [2.45, 2.75) is 104 Å². The molecule has 0 N–H and O–H groups in total. The lowest BCUT2D eigenvalue weighted by Gasteiger charge is -2.34. The molecule has 3 rings (SSSR count). The number of hydrogen-bond donors (Lipinski definition) is 0. The van der Waals surface area contributed by atoms with Crippen LogP contribution >= 0.6 is 0 Å². The lowest BCUT2D eigenvalue weighted by Crippen LogP contribution is -2.41. The molecule has 0 atom stereocenters. The Morgan fingerprint density at radius 2 is 1.33 bits per heavy atom. The Kier molecular flexibility index (Phi) is 11.8. The molecule has 0 heterocycles. The predicted molar refractivity (Wildman–Crippen MR) is 180 cm³/mol. The maximum Gasteiger partial charge on any atom is 0.185 e. The molecule has 3 aromatic rings. The highest BCUT2D eigenvalue weighted by atomic mass is 28.4. The largest absolute Gasteiger partial charge is 0.402 e. The summed E-state index contributed by atoms with van der Waals surface area (Å²) in [7, 11) is -0.175. The van der Waals surface area contributed by atoms with Gasteiger partial charge in [-0.25, -0.2) is 9.78 Å². The minimum absolute atomic E-state index is 0.0528. The summed E-state index contributed by atoms with van der Waals surface area (Å²) in [5.41, 5.74) is 9.68. The third-order valence-electron chi connectivity index (χ3n) is 8.69. The van der Waals surface area contributed by atoms with Crippen molar-refractivity contribution in [1.29, 1.82) is 0 Å². The fraction of sp³-hybridized carbons (Fsp3) is 0.474. The minimum atomic E-state index is -1.72. The molecule has 0 aromatic heterocycles. The molecule has 0 spiro atoms. The Balaban J connectivity index is 1.93. The van der Waals surface area contributed by atoms with Gasteiger partial charge in [-0.15, -0.1) is 0 Å². The number of hydrogen-bond acceptors (Lipinski definition) is 3. The zero-order valence-electron chi connectivity index (χ0n) is 27.7. The molecule has 42 heavy (non-hydrogen) atoms. The van der Waals surface area contributed by atoms with Gasteiger partial charge in [0.2, 0.25) is 0 Å². The normalized spacial score (nSPS) is 12.2. The van der Waals surface area contributed by atoms with Crippen LogP contribution in [0.1, 0.15) is 86.8 Å². The maximum atomic E-state index is 6.59. The first-order valence-electron chi connectivity index (χ1n) is 15.7. The summed E-state index contributed by atoms with van der Waals surface area (Å²) < 4.78 is 6.59. The molecule has 3 aromatic carbocycles. The number of benzene rings is 3. The van der Waals surface area contributed by atoms with E-state index < -0.39 is 8.32 Å². The van der Waals surface area contributed by atoms with E-state index in [4.69, 9.17) is 14.2 Å². The van der Waals surface area contributed by atoms with Crippen LogP contribution in [-0.4, -0.2) is 27.6 Å². The van der Waals surface area contributed by atoms with E-state index >= 15 is 0 Å². The van der Waals surface area contributed by atoms with Gasteiger partial charge in [0.25, 0.3) is 0 Å². The fourth-order valence-electron chi connectivity index (χ4n) is 6.08. The third-order valence-corrected chi connectivity index (χ3v) is 9.69. The van der Waals surface area contributed by atoms with Crippen LogP contribution in [0.15, 0.2) is 60.7 Å². The first-order chi connectivity index (χ1) is 20.0. The maximum absolute atomic E-state index is 6.59. The van der Waals surface area contributed by atoms with Gasteiger partial charge in [-0.3, -0.25) is 0 Å². The molecular weight excluding hydrogens is 533 g/mol. The smallest absolute Gasteiger partial charge is 0.185 e. The quantitative estimate of drug-likeness (QED) is 0.0658. The summed E-state index contributed by atoms with van der Waals surface area (Å²) in [6.45, 7) is 20.7. The van der Waals surface area contributed by atoms with E-state index in [1.165, 1.54) is 38.9 Å². The summed E-state index contributed by atoms with van der Waals surface area (Å²) in [6.07, 6.45) is 4.69. The Morgan fingerprint density at radius 1 is 0.738 bits per heavy atom. The van der Waals surface area contributed by atoms with Crippen molar-refractivity contribution in [3.63, 3.8) is 0 Å². The van der Waals surface area contributed by atoms with Crippen molar-refractivity contribution in [1.82, 2.24) is 0 Å². The number of rotatable bonds is 13. The monoisotopic (exact) mass is 584 g/mol. The Bertz CT molecular complexity index is 1360. The lowest BCUT2D eigenvalue weighted by molar-refractivity contribution is -0.271. The third kappa shape index (κ3) is 8.02. The Labute approximate surface area is 257 Å². The Hall–Kier alpha value is -2.68. The van der Waals surface area contributed by atoms with E-state index in [0.29, 0.717) is 6.61 Å². The molecule has 0 amide bonds. The molecule has 0 saturated carbocycles. The summed E-state index contributed by atoms with van der Waals surface area (Å²) in [5.74, 6) is 7.08. The highest BCUT2D eigenvalue weighted by Gasteiger charge is 2.33. The van der Waals surface area contributed by atoms with Gasteiger partial charge in [-0.2, -0.15) is 0 Å². The van der Waals surface area contributed by atoms with Gasteiger partial charge in [-0.05, 0) is 111 Å². The van der Waals surface area contributed by atoms with Gasteiger partial charge in [0.05, 0.1) is 13.7 Å². The van der Waals surface area contributed by atoms with Crippen molar-refractivity contribution in [3.8, 4) is 23.0 Å². The molecular formula is C38H52O3Si. The second kappa shape index (κ2) is 14.7. The van der Waals surface area contributed by atoms with E-state index in [0.717, 1.165) is 37.7 Å². The van der Waals surface area contributed by atoms with Crippen LogP contribution in [-0.2, 0) is 26.0 Å². The summed E-state index contributed by atoms with van der Waals surface area (Å²) in [5, 5.41) is 0. The van der Waals surface area contributed by atoms with Crippen LogP contribution in [0.5, 0.6) is 0 Å². The van der Waals surface area contributed by atoms with Crippen LogP contribution in [0.3, 0.4) is 0 Å². The average molecular weight is 585 g/mol. The summed E-state index contributed by atoms with van der Waals surface area (Å²) in [6, 6.07) is 22.7. The molecule has 0 aliphatic rings. The molecule has 0 saturated heterocycles. The molecule has 0 bridgehead atoms. The van der Waals surface area contributed by atoms with E-state index in [2.05, 4.69) is 134 Å². The summed E-state index contributed by atoms with van der Waals surface area (Å²) in [4.78, 5) is 9.74. The van der Waals surface area contributed by atoms with Gasteiger partial charge in [0, 0.05) is 11.0 Å². The molecule has 0 unspecified atom stereocenters. The van der Waals surface area contributed by atoms with Crippen LogP contribution in [0.25, 0.3) is 11.1 Å². The molecule has 0 aliphatic heterocycles. The lowest BCUT2D eigenvalue weighted by atomic mass is 9.69. The fourth-order valence-corrected chi connectivity index (χ4v) is 7.59. The molecule has 0 aliphatic carbocycles. The van der Waals surface area contributed by atoms with Crippen molar-refractivity contribution in [3.05, 3.63) is 94.0 Å². The molecule has 226 valence electrons. The van der Waals surface area contributed by atoms with E-state index in [-0.39, 0.29) is 11.0 Å².